The van der Waals surface area contributed by atoms with Crippen molar-refractivity contribution in [1.82, 2.24) is 4.90 Å². The maximum atomic E-state index is 14.3. The van der Waals surface area contributed by atoms with Crippen molar-refractivity contribution in [2.45, 2.75) is 4.90 Å². The van der Waals surface area contributed by atoms with Crippen LogP contribution in [0.25, 0.3) is 6.08 Å². The summed E-state index contributed by atoms with van der Waals surface area (Å²) in [4.78, 5) is 14.0. The molecular formula is C19H13ClFIN2O3S2. The van der Waals surface area contributed by atoms with Crippen molar-refractivity contribution in [1.29, 1.82) is 0 Å². The second-order valence-electron chi connectivity index (χ2n) is 5.76. The van der Waals surface area contributed by atoms with E-state index in [9.17, 15) is 17.6 Å². The van der Waals surface area contributed by atoms with Gasteiger partial charge in [0.2, 0.25) is 0 Å². The first-order chi connectivity index (χ1) is 13.7. The molecule has 3 rings (SSSR count). The van der Waals surface area contributed by atoms with Gasteiger partial charge >= 0.3 is 0 Å². The van der Waals surface area contributed by atoms with Crippen LogP contribution >= 0.6 is 46.0 Å². The zero-order valence-electron chi connectivity index (χ0n) is 14.7. The summed E-state index contributed by atoms with van der Waals surface area (Å²) < 4.78 is 43.8. The molecule has 0 atom stereocenters. The van der Waals surface area contributed by atoms with Crippen LogP contribution in [-0.4, -0.2) is 30.9 Å². The fourth-order valence-electron chi connectivity index (χ4n) is 2.40. The van der Waals surface area contributed by atoms with E-state index >= 15 is 0 Å². The second-order valence-corrected chi connectivity index (χ2v) is 9.97. The Morgan fingerprint density at radius 2 is 1.93 bits per heavy atom. The minimum Gasteiger partial charge on any atom is -0.282 e. The SMILES string of the molecule is C=CCN1C(=O)/C(=C/c2cccc(I)c2F)SC1=NS(=O)(=O)c1ccc(Cl)cc1. The third-order valence-electron chi connectivity index (χ3n) is 3.78. The Labute approximate surface area is 190 Å². The molecule has 2 aromatic rings. The Bertz CT molecular complexity index is 1150. The number of sulfonamides is 1. The Kier molecular flexibility index (Phi) is 6.82. The van der Waals surface area contributed by atoms with Gasteiger partial charge < -0.3 is 0 Å². The number of carbonyl (C=O) groups is 1. The predicted molar refractivity (Wildman–Crippen MR) is 123 cm³/mol. The molecule has 10 heteroatoms. The normalized spacial score (nSPS) is 17.3. The van der Waals surface area contributed by atoms with Gasteiger partial charge in [0.05, 0.1) is 9.80 Å². The van der Waals surface area contributed by atoms with Gasteiger partial charge in [0, 0.05) is 20.7 Å². The van der Waals surface area contributed by atoms with Crippen molar-refractivity contribution in [2.24, 2.45) is 4.40 Å². The Balaban J connectivity index is 2.02. The van der Waals surface area contributed by atoms with E-state index in [0.29, 0.717) is 8.59 Å². The molecule has 150 valence electrons. The molecule has 2 aromatic carbocycles. The lowest BCUT2D eigenvalue weighted by Gasteiger charge is -2.12. The number of thioether (sulfide) groups is 1. The first-order valence-corrected chi connectivity index (χ1v) is 11.8. The van der Waals surface area contributed by atoms with Crippen LogP contribution in [0.15, 0.2) is 69.3 Å². The lowest BCUT2D eigenvalue weighted by atomic mass is 10.2. The van der Waals surface area contributed by atoms with Crippen LogP contribution in [0.4, 0.5) is 4.39 Å². The number of hydrogen-bond acceptors (Lipinski definition) is 4. The van der Waals surface area contributed by atoms with Gasteiger partial charge in [-0.15, -0.1) is 11.0 Å². The highest BCUT2D eigenvalue weighted by Crippen LogP contribution is 2.34. The van der Waals surface area contributed by atoms with Gasteiger partial charge in [-0.2, -0.15) is 8.42 Å². The minimum absolute atomic E-state index is 0.0258. The van der Waals surface area contributed by atoms with Crippen molar-refractivity contribution in [3.8, 4) is 0 Å². The lowest BCUT2D eigenvalue weighted by molar-refractivity contribution is -0.121. The van der Waals surface area contributed by atoms with E-state index in [-0.39, 0.29) is 27.1 Å². The molecule has 1 amide bonds. The molecule has 0 radical (unpaired) electrons. The number of benzene rings is 2. The topological polar surface area (TPSA) is 66.8 Å². The van der Waals surface area contributed by atoms with Gasteiger partial charge in [0.25, 0.3) is 15.9 Å². The maximum Gasteiger partial charge on any atom is 0.284 e. The molecule has 1 fully saturated rings. The first kappa shape index (κ1) is 22.0. The zero-order chi connectivity index (χ0) is 21.2. The largest absolute Gasteiger partial charge is 0.284 e. The molecule has 29 heavy (non-hydrogen) atoms. The highest BCUT2D eigenvalue weighted by molar-refractivity contribution is 14.1. The lowest BCUT2D eigenvalue weighted by Crippen LogP contribution is -2.29. The van der Waals surface area contributed by atoms with Gasteiger partial charge in [-0.3, -0.25) is 9.69 Å². The average Bonchev–Trinajstić information content (AvgIpc) is 2.94. The van der Waals surface area contributed by atoms with Crippen molar-refractivity contribution < 1.29 is 17.6 Å². The molecular weight excluding hydrogens is 550 g/mol. The molecule has 1 aliphatic heterocycles. The highest BCUT2D eigenvalue weighted by Gasteiger charge is 2.34. The predicted octanol–water partition coefficient (Wildman–Crippen LogP) is 4.93. The summed E-state index contributed by atoms with van der Waals surface area (Å²) in [5.74, 6) is -0.929. The fourth-order valence-corrected chi connectivity index (χ4v) is 5.23. The van der Waals surface area contributed by atoms with Crippen LogP contribution in [-0.2, 0) is 14.8 Å². The van der Waals surface area contributed by atoms with Crippen LogP contribution in [0.1, 0.15) is 5.56 Å². The quantitative estimate of drug-likeness (QED) is 0.294. The van der Waals surface area contributed by atoms with E-state index in [0.717, 1.165) is 11.8 Å². The van der Waals surface area contributed by atoms with Gasteiger partial charge in [-0.05, 0) is 70.8 Å². The second kappa shape index (κ2) is 8.99. The summed E-state index contributed by atoms with van der Waals surface area (Å²) >= 11 is 8.52. The summed E-state index contributed by atoms with van der Waals surface area (Å²) in [5.41, 5.74) is 0.230. The van der Waals surface area contributed by atoms with E-state index in [2.05, 4.69) is 11.0 Å². The van der Waals surface area contributed by atoms with Gasteiger partial charge in [0.1, 0.15) is 5.82 Å². The minimum atomic E-state index is -4.07. The van der Waals surface area contributed by atoms with Gasteiger partial charge in [0.15, 0.2) is 5.17 Å². The summed E-state index contributed by atoms with van der Waals surface area (Å²) in [6.45, 7) is 3.65. The van der Waals surface area contributed by atoms with Crippen LogP contribution in [0.3, 0.4) is 0 Å². The van der Waals surface area contributed by atoms with E-state index in [1.807, 2.05) is 22.6 Å². The summed E-state index contributed by atoms with van der Waals surface area (Å²) in [5, 5.41) is 0.363. The van der Waals surface area contributed by atoms with Crippen LogP contribution in [0, 0.1) is 9.39 Å². The molecule has 5 nitrogen and oxygen atoms in total. The van der Waals surface area contributed by atoms with Crippen molar-refractivity contribution in [3.63, 3.8) is 0 Å². The van der Waals surface area contributed by atoms with Crippen molar-refractivity contribution in [3.05, 3.63) is 80.0 Å². The van der Waals surface area contributed by atoms with E-state index in [4.69, 9.17) is 11.6 Å². The molecule has 0 bridgehead atoms. The standard InChI is InChI=1S/C19H13ClFIN2O3S2/c1-2-10-24-18(25)16(11-12-4-3-5-15(22)17(12)21)28-19(24)23-29(26,27)14-8-6-13(20)7-9-14/h2-9,11H,1,10H2/b16-11-,23-19?. The molecule has 0 unspecified atom stereocenters. The van der Waals surface area contributed by atoms with Gasteiger partial charge in [-0.1, -0.05) is 29.8 Å². The van der Waals surface area contributed by atoms with Crippen LogP contribution in [0.5, 0.6) is 0 Å². The number of nitrogens with zero attached hydrogens (tertiary/aromatic N) is 2. The maximum absolute atomic E-state index is 14.3. The molecule has 0 saturated carbocycles. The van der Waals surface area contributed by atoms with Crippen LogP contribution < -0.4 is 0 Å². The number of hydrogen-bond donors (Lipinski definition) is 0. The highest BCUT2D eigenvalue weighted by atomic mass is 127. The molecule has 1 aliphatic rings. The zero-order valence-corrected chi connectivity index (χ0v) is 19.2. The number of amides is 1. The molecule has 1 saturated heterocycles. The van der Waals surface area contributed by atoms with Crippen molar-refractivity contribution >= 4 is 73.1 Å². The summed E-state index contributed by atoms with van der Waals surface area (Å²) in [6.07, 6.45) is 2.84. The van der Waals surface area contributed by atoms with E-state index in [1.165, 1.54) is 47.4 Å². The smallest absolute Gasteiger partial charge is 0.282 e. The monoisotopic (exact) mass is 562 g/mol. The third-order valence-corrected chi connectivity index (χ3v) is 7.27. The summed E-state index contributed by atoms with van der Waals surface area (Å²) in [7, 11) is -4.07. The molecule has 0 N–H and O–H groups in total. The molecule has 1 heterocycles. The molecule has 0 spiro atoms. The van der Waals surface area contributed by atoms with Gasteiger partial charge in [-0.25, -0.2) is 4.39 Å². The Morgan fingerprint density at radius 1 is 1.24 bits per heavy atom. The number of amidine groups is 1. The van der Waals surface area contributed by atoms with E-state index < -0.39 is 21.7 Å². The Morgan fingerprint density at radius 3 is 2.59 bits per heavy atom. The molecule has 0 aromatic heterocycles. The van der Waals surface area contributed by atoms with E-state index in [1.54, 1.807) is 12.1 Å². The first-order valence-electron chi connectivity index (χ1n) is 8.10. The number of rotatable bonds is 5. The average molecular weight is 563 g/mol. The molecule has 0 aliphatic carbocycles. The van der Waals surface area contributed by atoms with Crippen molar-refractivity contribution in [2.75, 3.05) is 6.54 Å². The fraction of sp³-hybridized carbons (Fsp3) is 0.0526. The Hall–Kier alpha value is -1.69. The third kappa shape index (κ3) is 4.90. The van der Waals surface area contributed by atoms with Crippen LogP contribution in [0.2, 0.25) is 5.02 Å². The number of carbonyl (C=O) groups excluding carboxylic acids is 1. The summed E-state index contributed by atoms with van der Waals surface area (Å²) in [6, 6.07) is 10.4. The number of halogens is 3.